The van der Waals surface area contributed by atoms with E-state index in [2.05, 4.69) is 20.6 Å². The van der Waals surface area contributed by atoms with Crippen molar-refractivity contribution in [3.8, 4) is 17.1 Å². The Balaban J connectivity index is 1.64. The highest BCUT2D eigenvalue weighted by Gasteiger charge is 2.46. The van der Waals surface area contributed by atoms with E-state index in [9.17, 15) is 9.59 Å². The van der Waals surface area contributed by atoms with Gasteiger partial charge in [0.15, 0.2) is 5.60 Å². The molecule has 1 aromatic heterocycles. The van der Waals surface area contributed by atoms with Crippen LogP contribution >= 0.6 is 11.6 Å². The van der Waals surface area contributed by atoms with Crippen LogP contribution in [0.5, 0.6) is 5.75 Å². The number of hydrogen-bond donors (Lipinski definition) is 1. The fraction of sp³-hybridized carbons (Fsp3) is 0.250. The zero-order valence-corrected chi connectivity index (χ0v) is 16.3. The molecule has 0 aliphatic carbocycles. The number of ether oxygens (including phenoxy) is 2. The molecule has 9 heteroatoms. The number of halogens is 1. The van der Waals surface area contributed by atoms with E-state index in [0.29, 0.717) is 28.6 Å². The van der Waals surface area contributed by atoms with Crippen molar-refractivity contribution in [2.24, 2.45) is 0 Å². The molecule has 1 N–H and O–H groups in total. The van der Waals surface area contributed by atoms with Crippen molar-refractivity contribution in [3.63, 3.8) is 0 Å². The molecule has 0 saturated carbocycles. The van der Waals surface area contributed by atoms with E-state index in [4.69, 9.17) is 21.1 Å². The first-order valence-corrected chi connectivity index (χ1v) is 9.31. The number of esters is 1. The lowest BCUT2D eigenvalue weighted by Gasteiger charge is -2.27. The average Bonchev–Trinajstić information content (AvgIpc) is 3.40. The molecular weight excluding hydrogens is 396 g/mol. The molecule has 8 nitrogen and oxygen atoms in total. The predicted octanol–water partition coefficient (Wildman–Crippen LogP) is 3.03. The smallest absolute Gasteiger partial charge is 0.305 e. The lowest BCUT2D eigenvalue weighted by atomic mass is 9.84. The monoisotopic (exact) mass is 412 g/mol. The Labute approximate surface area is 171 Å². The number of Topliss-reactive ketones (excluding diaryl/α,β-unsaturated/α-hetero) is 1. The van der Waals surface area contributed by atoms with Gasteiger partial charge >= 0.3 is 5.97 Å². The normalized spacial score (nSPS) is 17.4. The molecule has 0 spiro atoms. The number of aromatic amines is 1. The van der Waals surface area contributed by atoms with Gasteiger partial charge in [-0.15, -0.1) is 10.2 Å². The summed E-state index contributed by atoms with van der Waals surface area (Å²) in [6.45, 7) is 0. The molecular formula is C20H17ClN4O4. The number of H-pyrrole nitrogens is 1. The first-order valence-electron chi connectivity index (χ1n) is 8.94. The van der Waals surface area contributed by atoms with E-state index in [-0.39, 0.29) is 18.6 Å². The molecule has 0 amide bonds. The molecule has 1 aliphatic heterocycles. The summed E-state index contributed by atoms with van der Waals surface area (Å²) in [7, 11) is 1.32. The Bertz CT molecular complexity index is 1050. The number of rotatable bonds is 6. The Morgan fingerprint density at radius 1 is 1.24 bits per heavy atom. The average molecular weight is 413 g/mol. The van der Waals surface area contributed by atoms with Gasteiger partial charge in [0, 0.05) is 35.4 Å². The van der Waals surface area contributed by atoms with E-state index in [1.807, 2.05) is 6.07 Å². The summed E-state index contributed by atoms with van der Waals surface area (Å²) < 4.78 is 10.9. The SMILES string of the molecule is COC(=O)CCC1(C(=O)c2ccc(-c3nn[nH]n3)cc2)Cc2ccc(Cl)cc2O1. The molecule has 4 rings (SSSR count). The van der Waals surface area contributed by atoms with Crippen LogP contribution in [0.3, 0.4) is 0 Å². The number of aromatic nitrogens is 4. The van der Waals surface area contributed by atoms with Crippen molar-refractivity contribution >= 4 is 23.4 Å². The Morgan fingerprint density at radius 3 is 2.72 bits per heavy atom. The Morgan fingerprint density at radius 2 is 2.03 bits per heavy atom. The van der Waals surface area contributed by atoms with E-state index in [0.717, 1.165) is 11.1 Å². The van der Waals surface area contributed by atoms with Crippen LogP contribution in [-0.4, -0.2) is 45.1 Å². The van der Waals surface area contributed by atoms with Crippen molar-refractivity contribution in [3.05, 3.63) is 58.6 Å². The lowest BCUT2D eigenvalue weighted by Crippen LogP contribution is -2.44. The van der Waals surface area contributed by atoms with Gasteiger partial charge in [-0.2, -0.15) is 5.21 Å². The Hall–Kier alpha value is -3.26. The highest BCUT2D eigenvalue weighted by molar-refractivity contribution is 6.30. The summed E-state index contributed by atoms with van der Waals surface area (Å²) in [5.74, 6) is 0.373. The third-order valence-corrected chi connectivity index (χ3v) is 5.17. The maximum Gasteiger partial charge on any atom is 0.305 e. The lowest BCUT2D eigenvalue weighted by molar-refractivity contribution is -0.141. The summed E-state index contributed by atoms with van der Waals surface area (Å²) in [6.07, 6.45) is 0.601. The maximum atomic E-state index is 13.5. The topological polar surface area (TPSA) is 107 Å². The second-order valence-corrected chi connectivity index (χ2v) is 7.18. The van der Waals surface area contributed by atoms with Crippen LogP contribution in [0.2, 0.25) is 5.02 Å². The number of fused-ring (bicyclic) bond motifs is 1. The number of nitrogens with one attached hydrogen (secondary N) is 1. The molecule has 1 unspecified atom stereocenters. The first-order chi connectivity index (χ1) is 14.0. The number of ketones is 1. The van der Waals surface area contributed by atoms with Crippen LogP contribution in [0.1, 0.15) is 28.8 Å². The number of tetrazole rings is 1. The van der Waals surface area contributed by atoms with Gasteiger partial charge in [-0.25, -0.2) is 0 Å². The second kappa shape index (κ2) is 7.63. The van der Waals surface area contributed by atoms with Crippen molar-refractivity contribution in [2.45, 2.75) is 24.9 Å². The van der Waals surface area contributed by atoms with Gasteiger partial charge in [0.05, 0.1) is 7.11 Å². The molecule has 148 valence electrons. The summed E-state index contributed by atoms with van der Waals surface area (Å²) in [5.41, 5.74) is 0.855. The number of carbonyl (C=O) groups is 2. The zero-order chi connectivity index (χ0) is 20.4. The standard InChI is InChI=1S/C20H17ClN4O4/c1-28-17(26)8-9-20(11-14-6-7-15(21)10-16(14)29-20)18(27)12-2-4-13(5-3-12)19-22-24-25-23-19/h2-7,10H,8-9,11H2,1H3,(H,22,23,24,25). The van der Waals surface area contributed by atoms with Gasteiger partial charge in [0.2, 0.25) is 11.6 Å². The number of benzene rings is 2. The molecule has 0 bridgehead atoms. The molecule has 29 heavy (non-hydrogen) atoms. The van der Waals surface area contributed by atoms with Crippen LogP contribution in [0, 0.1) is 0 Å². The molecule has 3 aromatic rings. The van der Waals surface area contributed by atoms with Gasteiger partial charge in [-0.05, 0) is 22.9 Å². The van der Waals surface area contributed by atoms with Gasteiger partial charge in [-0.3, -0.25) is 9.59 Å². The molecule has 1 aliphatic rings. The van der Waals surface area contributed by atoms with Gasteiger partial charge in [0.25, 0.3) is 0 Å². The number of carbonyl (C=O) groups excluding carboxylic acids is 2. The van der Waals surface area contributed by atoms with Gasteiger partial charge in [0.1, 0.15) is 5.75 Å². The van der Waals surface area contributed by atoms with Crippen LogP contribution in [0.15, 0.2) is 42.5 Å². The zero-order valence-electron chi connectivity index (χ0n) is 15.5. The highest BCUT2D eigenvalue weighted by atomic mass is 35.5. The largest absolute Gasteiger partial charge is 0.478 e. The van der Waals surface area contributed by atoms with Crippen molar-refractivity contribution in [1.82, 2.24) is 20.6 Å². The first kappa shape index (κ1) is 19.1. The maximum absolute atomic E-state index is 13.5. The number of hydrogen-bond acceptors (Lipinski definition) is 7. The third-order valence-electron chi connectivity index (χ3n) is 4.94. The van der Waals surface area contributed by atoms with Crippen LogP contribution in [-0.2, 0) is 16.0 Å². The fourth-order valence-corrected chi connectivity index (χ4v) is 3.59. The van der Waals surface area contributed by atoms with Crippen molar-refractivity contribution in [2.75, 3.05) is 7.11 Å². The molecule has 0 fully saturated rings. The summed E-state index contributed by atoms with van der Waals surface area (Å²) in [5, 5.41) is 14.3. The van der Waals surface area contributed by atoms with E-state index in [1.54, 1.807) is 36.4 Å². The predicted molar refractivity (Wildman–Crippen MR) is 104 cm³/mol. The van der Waals surface area contributed by atoms with Crippen molar-refractivity contribution < 1.29 is 19.1 Å². The van der Waals surface area contributed by atoms with E-state index in [1.165, 1.54) is 7.11 Å². The number of nitrogens with zero attached hydrogens (tertiary/aromatic N) is 3. The molecule has 0 saturated heterocycles. The molecule has 2 aromatic carbocycles. The van der Waals surface area contributed by atoms with E-state index >= 15 is 0 Å². The number of methoxy groups -OCH3 is 1. The summed E-state index contributed by atoms with van der Waals surface area (Å²) in [6, 6.07) is 12.1. The Kier molecular flexibility index (Phi) is 5.02. The van der Waals surface area contributed by atoms with Crippen LogP contribution in [0.25, 0.3) is 11.4 Å². The summed E-state index contributed by atoms with van der Waals surface area (Å²) >= 11 is 6.07. The highest BCUT2D eigenvalue weighted by Crippen LogP contribution is 2.41. The van der Waals surface area contributed by atoms with Gasteiger partial charge < -0.3 is 9.47 Å². The third kappa shape index (κ3) is 3.71. The van der Waals surface area contributed by atoms with E-state index < -0.39 is 11.6 Å². The minimum absolute atomic E-state index is 0.0604. The van der Waals surface area contributed by atoms with Crippen LogP contribution in [0.4, 0.5) is 0 Å². The minimum atomic E-state index is -1.20. The molecule has 2 heterocycles. The minimum Gasteiger partial charge on any atom is -0.478 e. The van der Waals surface area contributed by atoms with Crippen LogP contribution < -0.4 is 4.74 Å². The van der Waals surface area contributed by atoms with Crippen molar-refractivity contribution in [1.29, 1.82) is 0 Å². The quantitative estimate of drug-likeness (QED) is 0.489. The van der Waals surface area contributed by atoms with Gasteiger partial charge in [-0.1, -0.05) is 41.9 Å². The summed E-state index contributed by atoms with van der Waals surface area (Å²) in [4.78, 5) is 25.2. The molecule has 0 radical (unpaired) electrons. The fourth-order valence-electron chi connectivity index (χ4n) is 3.43. The second-order valence-electron chi connectivity index (χ2n) is 6.74. The molecule has 1 atom stereocenters.